The van der Waals surface area contributed by atoms with E-state index in [0.717, 1.165) is 12.4 Å². The van der Waals surface area contributed by atoms with Gasteiger partial charge in [-0.2, -0.15) is 0 Å². The summed E-state index contributed by atoms with van der Waals surface area (Å²) in [6.07, 6.45) is 3.87. The average Bonchev–Trinajstić information content (AvgIpc) is 2.32. The Morgan fingerprint density at radius 3 is 2.50 bits per heavy atom. The van der Waals surface area contributed by atoms with Gasteiger partial charge in [-0.15, -0.1) is 0 Å². The van der Waals surface area contributed by atoms with E-state index in [-0.39, 0.29) is 10.2 Å². The number of halogens is 1. The maximum Gasteiger partial charge on any atom is 0.265 e. The van der Waals surface area contributed by atoms with Gasteiger partial charge in [0, 0.05) is 6.20 Å². The second-order valence-electron chi connectivity index (χ2n) is 3.43. The van der Waals surface area contributed by atoms with Gasteiger partial charge in [-0.05, 0) is 30.7 Å². The Labute approximate surface area is 109 Å². The fourth-order valence-corrected chi connectivity index (χ4v) is 2.34. The normalized spacial score (nSPS) is 11.2. The predicted octanol–water partition coefficient (Wildman–Crippen LogP) is 1.63. The van der Waals surface area contributed by atoms with E-state index >= 15 is 0 Å². The van der Waals surface area contributed by atoms with Crippen molar-refractivity contribution < 1.29 is 8.42 Å². The predicted molar refractivity (Wildman–Crippen MR) is 66.8 cm³/mol. The number of nitrogens with one attached hydrogen (secondary N) is 1. The van der Waals surface area contributed by atoms with Gasteiger partial charge in [-0.25, -0.2) is 18.4 Å². The number of hydrogen-bond acceptors (Lipinski definition) is 5. The summed E-state index contributed by atoms with van der Waals surface area (Å²) in [6, 6.07) is 3.26. The minimum atomic E-state index is -3.73. The van der Waals surface area contributed by atoms with Gasteiger partial charge >= 0.3 is 0 Å². The quantitative estimate of drug-likeness (QED) is 0.866. The van der Waals surface area contributed by atoms with Crippen molar-refractivity contribution in [2.75, 3.05) is 4.72 Å². The fraction of sp³-hybridized carbons (Fsp3) is 0.100. The zero-order valence-corrected chi connectivity index (χ0v) is 10.9. The van der Waals surface area contributed by atoms with Crippen molar-refractivity contribution in [2.45, 2.75) is 11.8 Å². The molecule has 0 atom stereocenters. The number of hydrogen-bond donors (Lipinski definition) is 1. The third kappa shape index (κ3) is 2.74. The summed E-state index contributed by atoms with van der Waals surface area (Å²) < 4.78 is 26.4. The van der Waals surface area contributed by atoms with Gasteiger partial charge in [0.2, 0.25) is 5.28 Å². The Morgan fingerprint density at radius 2 is 1.89 bits per heavy atom. The molecular formula is C10H9ClN4O2S. The maximum absolute atomic E-state index is 12.0. The fourth-order valence-electron chi connectivity index (χ4n) is 1.24. The van der Waals surface area contributed by atoms with Crippen molar-refractivity contribution in [2.24, 2.45) is 0 Å². The molecule has 0 amide bonds. The van der Waals surface area contributed by atoms with Crippen LogP contribution in [0.15, 0.2) is 35.6 Å². The Balaban J connectivity index is 2.33. The van der Waals surface area contributed by atoms with Crippen molar-refractivity contribution in [3.05, 3.63) is 41.7 Å². The van der Waals surface area contributed by atoms with Crippen LogP contribution in [0.4, 0.5) is 5.69 Å². The molecule has 0 bridgehead atoms. The summed E-state index contributed by atoms with van der Waals surface area (Å²) in [4.78, 5) is 11.2. The lowest BCUT2D eigenvalue weighted by atomic mass is 10.3. The maximum atomic E-state index is 12.0. The van der Waals surface area contributed by atoms with E-state index in [1.807, 2.05) is 0 Å². The topological polar surface area (TPSA) is 84.8 Å². The van der Waals surface area contributed by atoms with Crippen molar-refractivity contribution >= 4 is 27.3 Å². The van der Waals surface area contributed by atoms with Crippen LogP contribution in [0, 0.1) is 6.92 Å². The summed E-state index contributed by atoms with van der Waals surface area (Å²) in [5.41, 5.74) is 0.989. The molecule has 0 unspecified atom stereocenters. The van der Waals surface area contributed by atoms with Gasteiger partial charge in [-0.1, -0.05) is 0 Å². The molecule has 0 aliphatic rings. The molecule has 2 heterocycles. The number of anilines is 1. The molecule has 8 heteroatoms. The van der Waals surface area contributed by atoms with Crippen LogP contribution in [0.1, 0.15) is 5.69 Å². The summed E-state index contributed by atoms with van der Waals surface area (Å²) >= 11 is 5.50. The lowest BCUT2D eigenvalue weighted by Gasteiger charge is -2.08. The molecule has 0 fully saturated rings. The average molecular weight is 285 g/mol. The first-order valence-corrected chi connectivity index (χ1v) is 6.77. The second kappa shape index (κ2) is 4.87. The minimum absolute atomic E-state index is 0.00786. The molecule has 0 spiro atoms. The largest absolute Gasteiger partial charge is 0.278 e. The second-order valence-corrected chi connectivity index (χ2v) is 5.45. The highest BCUT2D eigenvalue weighted by Crippen LogP contribution is 2.17. The molecule has 1 N–H and O–H groups in total. The van der Waals surface area contributed by atoms with E-state index in [2.05, 4.69) is 19.7 Å². The molecule has 2 aromatic heterocycles. The monoisotopic (exact) mass is 284 g/mol. The molecule has 0 aromatic carbocycles. The molecule has 0 saturated heterocycles. The Kier molecular flexibility index (Phi) is 3.44. The summed E-state index contributed by atoms with van der Waals surface area (Å²) in [5, 5.41) is -0.00786. The highest BCUT2D eigenvalue weighted by molar-refractivity contribution is 7.92. The van der Waals surface area contributed by atoms with E-state index < -0.39 is 10.0 Å². The smallest absolute Gasteiger partial charge is 0.265 e. The number of aromatic nitrogens is 3. The number of pyridine rings is 1. The first kappa shape index (κ1) is 12.7. The van der Waals surface area contributed by atoms with Crippen LogP contribution in [0.3, 0.4) is 0 Å². The van der Waals surface area contributed by atoms with Crippen LogP contribution in [0.5, 0.6) is 0 Å². The zero-order chi connectivity index (χ0) is 13.2. The third-order valence-corrected chi connectivity index (χ3v) is 3.67. The van der Waals surface area contributed by atoms with E-state index in [1.54, 1.807) is 25.3 Å². The van der Waals surface area contributed by atoms with Crippen LogP contribution in [0.2, 0.25) is 5.28 Å². The number of nitrogens with zero attached hydrogens (tertiary/aromatic N) is 3. The van der Waals surface area contributed by atoms with Gasteiger partial charge < -0.3 is 0 Å². The van der Waals surface area contributed by atoms with Crippen molar-refractivity contribution in [3.8, 4) is 0 Å². The van der Waals surface area contributed by atoms with Gasteiger partial charge in [-0.3, -0.25) is 9.71 Å². The van der Waals surface area contributed by atoms with Crippen LogP contribution in [-0.2, 0) is 10.0 Å². The molecule has 94 valence electrons. The summed E-state index contributed by atoms with van der Waals surface area (Å²) in [6.45, 7) is 1.70. The van der Waals surface area contributed by atoms with Crippen LogP contribution in [-0.4, -0.2) is 23.4 Å². The minimum Gasteiger partial charge on any atom is -0.278 e. The highest BCUT2D eigenvalue weighted by atomic mass is 35.5. The van der Waals surface area contributed by atoms with Gasteiger partial charge in [0.15, 0.2) is 0 Å². The van der Waals surface area contributed by atoms with Crippen LogP contribution in [0.25, 0.3) is 0 Å². The van der Waals surface area contributed by atoms with Crippen LogP contribution >= 0.6 is 11.6 Å². The van der Waals surface area contributed by atoms with E-state index in [1.165, 1.54) is 0 Å². The Bertz CT molecular complexity index is 658. The Morgan fingerprint density at radius 1 is 1.22 bits per heavy atom. The van der Waals surface area contributed by atoms with E-state index in [0.29, 0.717) is 11.4 Å². The third-order valence-electron chi connectivity index (χ3n) is 2.16. The molecule has 2 rings (SSSR count). The first-order valence-electron chi connectivity index (χ1n) is 4.91. The molecule has 6 nitrogen and oxygen atoms in total. The molecule has 2 aromatic rings. The van der Waals surface area contributed by atoms with Crippen LogP contribution < -0.4 is 4.72 Å². The first-order chi connectivity index (χ1) is 8.49. The Hall–Kier alpha value is -1.73. The molecular weight excluding hydrogens is 276 g/mol. The molecule has 0 aliphatic heterocycles. The molecule has 0 aliphatic carbocycles. The van der Waals surface area contributed by atoms with Crippen molar-refractivity contribution in [3.63, 3.8) is 0 Å². The number of aryl methyl sites for hydroxylation is 1. The van der Waals surface area contributed by atoms with Gasteiger partial charge in [0.1, 0.15) is 4.90 Å². The lowest BCUT2D eigenvalue weighted by molar-refractivity contribution is 0.600. The van der Waals surface area contributed by atoms with E-state index in [4.69, 9.17) is 11.6 Å². The van der Waals surface area contributed by atoms with E-state index in [9.17, 15) is 8.42 Å². The van der Waals surface area contributed by atoms with Crippen molar-refractivity contribution in [1.29, 1.82) is 0 Å². The van der Waals surface area contributed by atoms with Gasteiger partial charge in [0.25, 0.3) is 10.0 Å². The lowest BCUT2D eigenvalue weighted by Crippen LogP contribution is -2.14. The summed E-state index contributed by atoms with van der Waals surface area (Å²) in [5.74, 6) is 0. The standard InChI is InChI=1S/C10H9ClN4O2S/c1-7-9(3-2-4-12-7)15-18(16,17)8-5-13-10(11)14-6-8/h2-6,15H,1H3. The number of sulfonamides is 1. The molecule has 18 heavy (non-hydrogen) atoms. The van der Waals surface area contributed by atoms with Crippen molar-refractivity contribution in [1.82, 2.24) is 15.0 Å². The molecule has 0 saturated carbocycles. The highest BCUT2D eigenvalue weighted by Gasteiger charge is 2.16. The zero-order valence-electron chi connectivity index (χ0n) is 9.33. The SMILES string of the molecule is Cc1ncccc1NS(=O)(=O)c1cnc(Cl)nc1. The summed E-state index contributed by atoms with van der Waals surface area (Å²) in [7, 11) is -3.73. The van der Waals surface area contributed by atoms with Gasteiger partial charge in [0.05, 0.1) is 23.8 Å². The number of rotatable bonds is 3. The molecule has 0 radical (unpaired) electrons.